The summed E-state index contributed by atoms with van der Waals surface area (Å²) in [6.45, 7) is 0.340. The van der Waals surface area contributed by atoms with E-state index in [0.717, 1.165) is 6.26 Å². The van der Waals surface area contributed by atoms with E-state index in [-0.39, 0.29) is 29.0 Å². The third kappa shape index (κ3) is 5.75. The van der Waals surface area contributed by atoms with Crippen molar-refractivity contribution < 1.29 is 41.0 Å². The van der Waals surface area contributed by atoms with Crippen LogP contribution in [-0.2, 0) is 19.3 Å². The smallest absolute Gasteiger partial charge is 0.422 e. The van der Waals surface area contributed by atoms with Gasteiger partial charge >= 0.3 is 12.3 Å². The zero-order valence-corrected chi connectivity index (χ0v) is 20.0. The fourth-order valence-electron chi connectivity index (χ4n) is 4.97. The van der Waals surface area contributed by atoms with E-state index in [0.29, 0.717) is 30.7 Å². The summed E-state index contributed by atoms with van der Waals surface area (Å²) >= 11 is 0. The standard InChI is InChI=1S/C23H27F3N2O6S/c1-14-9-16-10-18(11-20(14)28(16)22(30)33-13-23(24,25)26)34-17-7-8-27(21(29)12-17)15-3-5-19(6-4-15)35(2,31)32/h3-8,12,14,16,18,20-21,29H,9-11,13H2,1-2H3/t14-,16-,18+,20+,21?/m1/s1. The SMILES string of the molecule is C[C@@H]1C[C@@H]2C[C@H](OC3=CC(O)N(c4ccc(S(C)(=O)=O)cc4)C=C3)C[C@@H]1N2C(=O)OCC(F)(F)F. The van der Waals surface area contributed by atoms with Gasteiger partial charge in [0.05, 0.1) is 4.90 Å². The van der Waals surface area contributed by atoms with E-state index in [1.54, 1.807) is 29.3 Å². The van der Waals surface area contributed by atoms with Gasteiger partial charge in [0.15, 0.2) is 22.7 Å². The monoisotopic (exact) mass is 516 g/mol. The van der Waals surface area contributed by atoms with Gasteiger partial charge in [-0.1, -0.05) is 6.92 Å². The Labute approximate surface area is 201 Å². The van der Waals surface area contributed by atoms with E-state index in [2.05, 4.69) is 4.74 Å². The molecule has 35 heavy (non-hydrogen) atoms. The molecule has 0 spiro atoms. The number of benzene rings is 1. The Morgan fingerprint density at radius 3 is 2.43 bits per heavy atom. The zero-order valence-electron chi connectivity index (χ0n) is 19.2. The van der Waals surface area contributed by atoms with Gasteiger partial charge in [-0.3, -0.25) is 0 Å². The van der Waals surface area contributed by atoms with Crippen molar-refractivity contribution in [1.82, 2.24) is 4.90 Å². The molecule has 3 aliphatic heterocycles. The second kappa shape index (κ2) is 9.38. The molecule has 12 heteroatoms. The molecule has 3 aliphatic rings. The predicted molar refractivity (Wildman–Crippen MR) is 120 cm³/mol. The van der Waals surface area contributed by atoms with Crippen LogP contribution >= 0.6 is 0 Å². The number of aliphatic hydroxyl groups is 1. The molecule has 1 aromatic rings. The Bertz CT molecular complexity index is 1120. The van der Waals surface area contributed by atoms with E-state index in [9.17, 15) is 31.5 Å². The van der Waals surface area contributed by atoms with Gasteiger partial charge in [-0.15, -0.1) is 0 Å². The highest BCUT2D eigenvalue weighted by molar-refractivity contribution is 7.90. The molecule has 1 N–H and O–H groups in total. The van der Waals surface area contributed by atoms with Crippen LogP contribution in [0.15, 0.2) is 53.3 Å². The van der Waals surface area contributed by atoms with Crippen LogP contribution in [0.5, 0.6) is 0 Å². The predicted octanol–water partition coefficient (Wildman–Crippen LogP) is 3.58. The van der Waals surface area contributed by atoms with Gasteiger partial charge in [0.2, 0.25) is 0 Å². The fourth-order valence-corrected chi connectivity index (χ4v) is 5.60. The van der Waals surface area contributed by atoms with Gasteiger partial charge in [0, 0.05) is 49.1 Å². The third-order valence-corrected chi connectivity index (χ3v) is 7.65. The molecule has 1 aromatic carbocycles. The Kier molecular flexibility index (Phi) is 6.80. The van der Waals surface area contributed by atoms with Crippen molar-refractivity contribution in [2.45, 2.75) is 61.7 Å². The van der Waals surface area contributed by atoms with Crippen LogP contribution in [0, 0.1) is 5.92 Å². The number of fused-ring (bicyclic) bond motifs is 2. The summed E-state index contributed by atoms with van der Waals surface area (Å²) in [5, 5.41) is 10.6. The maximum atomic E-state index is 12.4. The molecule has 0 aliphatic carbocycles. The van der Waals surface area contributed by atoms with E-state index >= 15 is 0 Å². The topological polar surface area (TPSA) is 96.4 Å². The van der Waals surface area contributed by atoms with Gasteiger partial charge in [-0.05, 0) is 42.7 Å². The molecule has 192 valence electrons. The Morgan fingerprint density at radius 2 is 1.86 bits per heavy atom. The molecule has 0 radical (unpaired) electrons. The number of amides is 1. The molecular formula is C23H27F3N2O6S. The Morgan fingerprint density at radius 1 is 1.17 bits per heavy atom. The van der Waals surface area contributed by atoms with Crippen LogP contribution in [0.4, 0.5) is 23.7 Å². The molecule has 4 rings (SSSR count). The lowest BCUT2D eigenvalue weighted by Gasteiger charge is -2.39. The minimum Gasteiger partial charge on any atom is -0.490 e. The van der Waals surface area contributed by atoms with Crippen LogP contribution in [0.1, 0.15) is 26.2 Å². The Balaban J connectivity index is 1.37. The number of hydrogen-bond donors (Lipinski definition) is 1. The molecule has 2 fully saturated rings. The van der Waals surface area contributed by atoms with Gasteiger partial charge in [0.25, 0.3) is 0 Å². The average Bonchev–Trinajstić information content (AvgIpc) is 2.96. The molecule has 5 atom stereocenters. The van der Waals surface area contributed by atoms with Crippen LogP contribution in [0.2, 0.25) is 0 Å². The largest absolute Gasteiger partial charge is 0.490 e. The highest BCUT2D eigenvalue weighted by atomic mass is 32.2. The van der Waals surface area contributed by atoms with Crippen molar-refractivity contribution in [3.05, 3.63) is 48.4 Å². The minimum atomic E-state index is -4.58. The highest BCUT2D eigenvalue weighted by Crippen LogP contribution is 2.42. The van der Waals surface area contributed by atoms with Crippen LogP contribution in [-0.4, -0.2) is 68.0 Å². The Hall–Kier alpha value is -2.73. The minimum absolute atomic E-state index is 0.0962. The molecule has 2 saturated heterocycles. The second-order valence-corrected chi connectivity index (χ2v) is 11.2. The summed E-state index contributed by atoms with van der Waals surface area (Å²) < 4.78 is 71.2. The molecule has 1 amide bonds. The third-order valence-electron chi connectivity index (χ3n) is 6.52. The van der Waals surface area contributed by atoms with Crippen LogP contribution in [0.25, 0.3) is 0 Å². The first-order chi connectivity index (χ1) is 16.3. The van der Waals surface area contributed by atoms with Crippen molar-refractivity contribution in [2.24, 2.45) is 5.92 Å². The number of halogens is 3. The van der Waals surface area contributed by atoms with Crippen molar-refractivity contribution in [3.63, 3.8) is 0 Å². The number of piperidine rings is 1. The van der Waals surface area contributed by atoms with E-state index < -0.39 is 34.9 Å². The number of anilines is 1. The number of nitrogens with zero attached hydrogens (tertiary/aromatic N) is 2. The number of aliphatic hydroxyl groups excluding tert-OH is 1. The molecule has 0 saturated carbocycles. The van der Waals surface area contributed by atoms with Crippen molar-refractivity contribution in [2.75, 3.05) is 17.8 Å². The van der Waals surface area contributed by atoms with Crippen molar-refractivity contribution >= 4 is 21.6 Å². The summed E-state index contributed by atoms with van der Waals surface area (Å²) in [7, 11) is -3.33. The summed E-state index contributed by atoms with van der Waals surface area (Å²) in [5.41, 5.74) is 0.592. The molecular weight excluding hydrogens is 489 g/mol. The summed E-state index contributed by atoms with van der Waals surface area (Å²) in [6, 6.07) is 5.54. The summed E-state index contributed by atoms with van der Waals surface area (Å²) in [5.74, 6) is 0.533. The molecule has 8 nitrogen and oxygen atoms in total. The maximum Gasteiger partial charge on any atom is 0.422 e. The molecule has 3 heterocycles. The van der Waals surface area contributed by atoms with Gasteiger partial charge in [-0.2, -0.15) is 13.2 Å². The molecule has 1 unspecified atom stereocenters. The number of carbonyl (C=O) groups is 1. The first kappa shape index (κ1) is 25.4. The van der Waals surface area contributed by atoms with Gasteiger partial charge < -0.3 is 24.4 Å². The number of carbonyl (C=O) groups excluding carboxylic acids is 1. The van der Waals surface area contributed by atoms with Gasteiger partial charge in [0.1, 0.15) is 11.9 Å². The number of allylic oxidation sites excluding steroid dienone is 1. The van der Waals surface area contributed by atoms with Crippen LogP contribution in [0.3, 0.4) is 0 Å². The normalized spacial score (nSPS) is 28.6. The van der Waals surface area contributed by atoms with Crippen LogP contribution < -0.4 is 4.90 Å². The maximum absolute atomic E-state index is 12.4. The lowest BCUT2D eigenvalue weighted by Crippen LogP contribution is -2.50. The lowest BCUT2D eigenvalue weighted by atomic mass is 9.97. The second-order valence-electron chi connectivity index (χ2n) is 9.19. The average molecular weight is 517 g/mol. The summed E-state index contributed by atoms with van der Waals surface area (Å²) in [6.07, 6.45) is 0.612. The van der Waals surface area contributed by atoms with E-state index in [1.165, 1.54) is 23.1 Å². The first-order valence-corrected chi connectivity index (χ1v) is 13.1. The fraction of sp³-hybridized carbons (Fsp3) is 0.522. The quantitative estimate of drug-likeness (QED) is 0.639. The molecule has 0 aromatic heterocycles. The molecule has 2 bridgehead atoms. The number of alkyl halides is 3. The van der Waals surface area contributed by atoms with Crippen molar-refractivity contribution in [3.8, 4) is 0 Å². The van der Waals surface area contributed by atoms with E-state index in [1.807, 2.05) is 6.92 Å². The number of rotatable bonds is 5. The van der Waals surface area contributed by atoms with E-state index in [4.69, 9.17) is 4.74 Å². The zero-order chi connectivity index (χ0) is 25.5. The highest BCUT2D eigenvalue weighted by Gasteiger charge is 2.49. The lowest BCUT2D eigenvalue weighted by molar-refractivity contribution is -0.163. The number of hydrogen-bond acceptors (Lipinski definition) is 7. The van der Waals surface area contributed by atoms with Gasteiger partial charge in [-0.25, -0.2) is 13.2 Å². The van der Waals surface area contributed by atoms with Crippen molar-refractivity contribution in [1.29, 1.82) is 0 Å². The first-order valence-electron chi connectivity index (χ1n) is 11.2. The number of sulfone groups is 1. The summed E-state index contributed by atoms with van der Waals surface area (Å²) in [4.78, 5) is 15.4. The number of ether oxygens (including phenoxy) is 2.